The van der Waals surface area contributed by atoms with Gasteiger partial charge < -0.3 is 10.1 Å². The van der Waals surface area contributed by atoms with Crippen molar-refractivity contribution < 1.29 is 9.53 Å². The van der Waals surface area contributed by atoms with Crippen molar-refractivity contribution >= 4 is 22.4 Å². The average Bonchev–Trinajstić information content (AvgIpc) is 2.39. The molecule has 3 nitrogen and oxygen atoms in total. The number of carbonyl (C=O) groups excluding carboxylic acids is 1. The number of esters is 1. The highest BCUT2D eigenvalue weighted by Gasteiger charge is 2.14. The molecule has 2 aromatic rings. The molecular weight excluding hydrogens is 226 g/mol. The molecule has 0 saturated carbocycles. The molecule has 0 saturated heterocycles. The van der Waals surface area contributed by atoms with Crippen molar-refractivity contribution in [2.45, 2.75) is 19.9 Å². The molecule has 0 spiro atoms. The van der Waals surface area contributed by atoms with Gasteiger partial charge in [-0.1, -0.05) is 36.4 Å². The van der Waals surface area contributed by atoms with Crippen LogP contribution in [-0.2, 0) is 9.53 Å². The van der Waals surface area contributed by atoms with Crippen molar-refractivity contribution in [3.05, 3.63) is 42.5 Å². The minimum Gasteiger partial charge on any atom is -0.464 e. The molecule has 1 atom stereocenters. The monoisotopic (exact) mass is 243 g/mol. The van der Waals surface area contributed by atoms with Gasteiger partial charge in [0.2, 0.25) is 0 Å². The number of hydrogen-bond donors (Lipinski definition) is 1. The highest BCUT2D eigenvalue weighted by Crippen LogP contribution is 2.23. The number of carbonyl (C=O) groups is 1. The number of benzene rings is 2. The summed E-state index contributed by atoms with van der Waals surface area (Å²) >= 11 is 0. The molecule has 0 amide bonds. The zero-order valence-corrected chi connectivity index (χ0v) is 10.6. The lowest BCUT2D eigenvalue weighted by Crippen LogP contribution is -2.28. The second-order valence-corrected chi connectivity index (χ2v) is 4.14. The molecule has 0 aliphatic heterocycles. The maximum absolute atomic E-state index is 11.6. The molecule has 0 aromatic heterocycles. The summed E-state index contributed by atoms with van der Waals surface area (Å²) in [6.45, 7) is 4.02. The fourth-order valence-corrected chi connectivity index (χ4v) is 1.91. The maximum Gasteiger partial charge on any atom is 0.328 e. The van der Waals surface area contributed by atoms with E-state index in [0.29, 0.717) is 6.61 Å². The highest BCUT2D eigenvalue weighted by atomic mass is 16.5. The number of nitrogens with one attached hydrogen (secondary N) is 1. The van der Waals surface area contributed by atoms with Crippen LogP contribution in [0.5, 0.6) is 0 Å². The predicted molar refractivity (Wildman–Crippen MR) is 73.7 cm³/mol. The zero-order chi connectivity index (χ0) is 13.0. The van der Waals surface area contributed by atoms with E-state index in [1.54, 1.807) is 6.92 Å². The van der Waals surface area contributed by atoms with Crippen LogP contribution in [-0.4, -0.2) is 18.6 Å². The van der Waals surface area contributed by atoms with Crippen LogP contribution in [0.4, 0.5) is 5.69 Å². The smallest absolute Gasteiger partial charge is 0.328 e. The molecule has 2 rings (SSSR count). The van der Waals surface area contributed by atoms with E-state index < -0.39 is 0 Å². The number of anilines is 1. The minimum absolute atomic E-state index is 0.231. The fourth-order valence-electron chi connectivity index (χ4n) is 1.91. The summed E-state index contributed by atoms with van der Waals surface area (Å²) in [7, 11) is 0. The summed E-state index contributed by atoms with van der Waals surface area (Å²) in [5.41, 5.74) is 0.952. The van der Waals surface area contributed by atoms with Crippen LogP contribution in [0.3, 0.4) is 0 Å². The van der Waals surface area contributed by atoms with Gasteiger partial charge >= 0.3 is 5.97 Å². The van der Waals surface area contributed by atoms with Crippen LogP contribution in [0, 0.1) is 0 Å². The van der Waals surface area contributed by atoms with E-state index in [0.717, 1.165) is 16.5 Å². The van der Waals surface area contributed by atoms with Gasteiger partial charge in [0.15, 0.2) is 0 Å². The Morgan fingerprint density at radius 1 is 1.22 bits per heavy atom. The molecule has 0 aliphatic carbocycles. The quantitative estimate of drug-likeness (QED) is 0.838. The van der Waals surface area contributed by atoms with Crippen molar-refractivity contribution in [3.8, 4) is 0 Å². The Labute approximate surface area is 107 Å². The van der Waals surface area contributed by atoms with E-state index in [1.165, 1.54) is 0 Å². The van der Waals surface area contributed by atoms with E-state index >= 15 is 0 Å². The summed E-state index contributed by atoms with van der Waals surface area (Å²) in [4.78, 5) is 11.6. The Kier molecular flexibility index (Phi) is 3.82. The highest BCUT2D eigenvalue weighted by molar-refractivity contribution is 5.95. The van der Waals surface area contributed by atoms with Gasteiger partial charge in [-0.25, -0.2) is 4.79 Å². The van der Waals surface area contributed by atoms with Gasteiger partial charge in [-0.3, -0.25) is 0 Å². The van der Waals surface area contributed by atoms with E-state index in [-0.39, 0.29) is 12.0 Å². The van der Waals surface area contributed by atoms with Crippen molar-refractivity contribution in [1.82, 2.24) is 0 Å². The molecule has 2 aromatic carbocycles. The Morgan fingerprint density at radius 3 is 2.72 bits per heavy atom. The third kappa shape index (κ3) is 2.62. The average molecular weight is 243 g/mol. The van der Waals surface area contributed by atoms with Crippen molar-refractivity contribution in [3.63, 3.8) is 0 Å². The van der Waals surface area contributed by atoms with E-state index in [9.17, 15) is 4.79 Å². The Morgan fingerprint density at radius 2 is 1.94 bits per heavy atom. The Balaban J connectivity index is 2.24. The Hall–Kier alpha value is -2.03. The molecule has 1 N–H and O–H groups in total. The third-order valence-corrected chi connectivity index (χ3v) is 2.80. The van der Waals surface area contributed by atoms with Crippen molar-refractivity contribution in [2.24, 2.45) is 0 Å². The molecule has 3 heteroatoms. The molecule has 0 fully saturated rings. The molecule has 0 radical (unpaired) electrons. The number of ether oxygens (including phenoxy) is 1. The lowest BCUT2D eigenvalue weighted by molar-refractivity contribution is -0.143. The first kappa shape index (κ1) is 12.4. The first-order chi connectivity index (χ1) is 8.72. The first-order valence-corrected chi connectivity index (χ1v) is 6.13. The van der Waals surface area contributed by atoms with Gasteiger partial charge in [0.25, 0.3) is 0 Å². The summed E-state index contributed by atoms with van der Waals surface area (Å²) in [5, 5.41) is 5.45. The molecule has 0 bridgehead atoms. The van der Waals surface area contributed by atoms with E-state index in [4.69, 9.17) is 4.74 Å². The SMILES string of the molecule is CCOC(=O)C(C)Nc1cccc2ccccc12. The standard InChI is InChI=1S/C15H17NO2/c1-3-18-15(17)11(2)16-14-10-6-8-12-7-4-5-9-13(12)14/h4-11,16H,3H2,1-2H3. The van der Waals surface area contributed by atoms with Crippen LogP contribution >= 0.6 is 0 Å². The second-order valence-electron chi connectivity index (χ2n) is 4.14. The van der Waals surface area contributed by atoms with Crippen LogP contribution in [0.2, 0.25) is 0 Å². The van der Waals surface area contributed by atoms with E-state index in [1.807, 2.05) is 37.3 Å². The van der Waals surface area contributed by atoms with E-state index in [2.05, 4.69) is 17.4 Å². The summed E-state index contributed by atoms with van der Waals surface area (Å²) in [5.74, 6) is -0.231. The molecular formula is C15H17NO2. The number of hydrogen-bond acceptors (Lipinski definition) is 3. The van der Waals surface area contributed by atoms with Gasteiger partial charge in [-0.05, 0) is 25.3 Å². The Bertz CT molecular complexity index is 546. The van der Waals surface area contributed by atoms with Gasteiger partial charge in [0.05, 0.1) is 6.61 Å². The summed E-state index contributed by atoms with van der Waals surface area (Å²) in [6, 6.07) is 13.7. The van der Waals surface area contributed by atoms with Crippen molar-refractivity contribution in [2.75, 3.05) is 11.9 Å². The number of rotatable bonds is 4. The summed E-state index contributed by atoms with van der Waals surface area (Å²) in [6.07, 6.45) is 0. The van der Waals surface area contributed by atoms with Crippen LogP contribution in [0.1, 0.15) is 13.8 Å². The lowest BCUT2D eigenvalue weighted by Gasteiger charge is -2.15. The number of fused-ring (bicyclic) bond motifs is 1. The molecule has 0 aliphatic rings. The second kappa shape index (κ2) is 5.54. The third-order valence-electron chi connectivity index (χ3n) is 2.80. The van der Waals surface area contributed by atoms with Gasteiger partial charge in [-0.2, -0.15) is 0 Å². The topological polar surface area (TPSA) is 38.3 Å². The van der Waals surface area contributed by atoms with Crippen molar-refractivity contribution in [1.29, 1.82) is 0 Å². The zero-order valence-electron chi connectivity index (χ0n) is 10.6. The van der Waals surface area contributed by atoms with Gasteiger partial charge in [-0.15, -0.1) is 0 Å². The molecule has 18 heavy (non-hydrogen) atoms. The van der Waals surface area contributed by atoms with Gasteiger partial charge in [0.1, 0.15) is 6.04 Å². The molecule has 94 valence electrons. The van der Waals surface area contributed by atoms with Crippen LogP contribution in [0.15, 0.2) is 42.5 Å². The first-order valence-electron chi connectivity index (χ1n) is 6.13. The molecule has 0 heterocycles. The van der Waals surface area contributed by atoms with Crippen LogP contribution in [0.25, 0.3) is 10.8 Å². The predicted octanol–water partition coefficient (Wildman–Crippen LogP) is 3.20. The normalized spacial score (nSPS) is 12.1. The lowest BCUT2D eigenvalue weighted by atomic mass is 10.1. The maximum atomic E-state index is 11.6. The molecule has 1 unspecified atom stereocenters. The van der Waals surface area contributed by atoms with Gasteiger partial charge in [0, 0.05) is 11.1 Å². The summed E-state index contributed by atoms with van der Waals surface area (Å²) < 4.78 is 4.99. The largest absolute Gasteiger partial charge is 0.464 e. The fraction of sp³-hybridized carbons (Fsp3) is 0.267. The van der Waals surface area contributed by atoms with Crippen LogP contribution < -0.4 is 5.32 Å². The minimum atomic E-state index is -0.351.